The number of carbonyl (C=O) groups excluding carboxylic acids is 3. The molecule has 2 N–H and O–H groups in total. The standard InChI is InChI=1S/C27H30N2O6/c1-17(25(31)29-16-8-13-22(29)26(32)33)28-24(30)20-14-15-21(20)27(34)35-23(18-9-4-2-5-10-18)19-11-6-3-7-12-19/h2-7,9-12,17,20-23H,8,13-16H2,1H3,(H,28,30)(H,32,33)/t17-,20+,21+,22-/m0/s1. The molecule has 1 heterocycles. The van der Waals surface area contributed by atoms with Gasteiger partial charge in [0.15, 0.2) is 6.10 Å². The lowest BCUT2D eigenvalue weighted by Gasteiger charge is -2.35. The number of carbonyl (C=O) groups is 4. The SMILES string of the molecule is C[C@H](NC(=O)[C@@H]1CC[C@H]1C(=O)OC(c1ccccc1)c1ccccc1)C(=O)N1CCC[C@H]1C(=O)O. The number of carboxylic acid groups (broad SMARTS) is 1. The van der Waals surface area contributed by atoms with Gasteiger partial charge >= 0.3 is 11.9 Å². The highest BCUT2D eigenvalue weighted by molar-refractivity contribution is 5.93. The molecule has 0 radical (unpaired) electrons. The second kappa shape index (κ2) is 10.7. The zero-order chi connectivity index (χ0) is 24.9. The Morgan fingerprint density at radius 2 is 1.49 bits per heavy atom. The van der Waals surface area contributed by atoms with Crippen LogP contribution in [0.1, 0.15) is 49.8 Å². The first-order valence-electron chi connectivity index (χ1n) is 12.0. The highest BCUT2D eigenvalue weighted by atomic mass is 16.5. The number of rotatable bonds is 8. The molecule has 184 valence electrons. The highest BCUT2D eigenvalue weighted by Gasteiger charge is 2.44. The van der Waals surface area contributed by atoms with Crippen LogP contribution in [0.5, 0.6) is 0 Å². The summed E-state index contributed by atoms with van der Waals surface area (Å²) in [6.45, 7) is 1.90. The predicted molar refractivity (Wildman–Crippen MR) is 127 cm³/mol. The van der Waals surface area contributed by atoms with Gasteiger partial charge in [-0.3, -0.25) is 14.4 Å². The van der Waals surface area contributed by atoms with Crippen molar-refractivity contribution >= 4 is 23.8 Å². The van der Waals surface area contributed by atoms with Gasteiger partial charge in [-0.2, -0.15) is 0 Å². The molecule has 8 nitrogen and oxygen atoms in total. The van der Waals surface area contributed by atoms with Gasteiger partial charge in [-0.15, -0.1) is 0 Å². The Hall–Kier alpha value is -3.68. The van der Waals surface area contributed by atoms with Crippen molar-refractivity contribution in [2.24, 2.45) is 11.8 Å². The number of nitrogens with one attached hydrogen (secondary N) is 1. The summed E-state index contributed by atoms with van der Waals surface area (Å²) in [5, 5.41) is 12.0. The fourth-order valence-electron chi connectivity index (χ4n) is 4.80. The molecule has 0 aromatic heterocycles. The number of ether oxygens (including phenoxy) is 1. The van der Waals surface area contributed by atoms with Crippen LogP contribution in [0.2, 0.25) is 0 Å². The lowest BCUT2D eigenvalue weighted by atomic mass is 9.73. The summed E-state index contributed by atoms with van der Waals surface area (Å²) in [5.41, 5.74) is 1.68. The number of hydrogen-bond acceptors (Lipinski definition) is 5. The lowest BCUT2D eigenvalue weighted by Crippen LogP contribution is -2.53. The van der Waals surface area contributed by atoms with Gasteiger partial charge in [0.2, 0.25) is 11.8 Å². The summed E-state index contributed by atoms with van der Waals surface area (Å²) < 4.78 is 5.92. The first-order valence-corrected chi connectivity index (χ1v) is 12.0. The third kappa shape index (κ3) is 5.37. The smallest absolute Gasteiger partial charge is 0.326 e. The third-order valence-electron chi connectivity index (χ3n) is 6.90. The molecule has 1 aliphatic carbocycles. The number of nitrogens with zero attached hydrogens (tertiary/aromatic N) is 1. The van der Waals surface area contributed by atoms with E-state index in [0.29, 0.717) is 32.2 Å². The van der Waals surface area contributed by atoms with Crippen LogP contribution in [0.25, 0.3) is 0 Å². The van der Waals surface area contributed by atoms with E-state index < -0.39 is 47.9 Å². The van der Waals surface area contributed by atoms with Gasteiger partial charge in [0.05, 0.1) is 11.8 Å². The summed E-state index contributed by atoms with van der Waals surface area (Å²) in [6, 6.07) is 17.2. The first kappa shape index (κ1) is 24.4. The quantitative estimate of drug-likeness (QED) is 0.564. The third-order valence-corrected chi connectivity index (χ3v) is 6.90. The number of aliphatic carboxylic acids is 1. The molecule has 0 spiro atoms. The largest absolute Gasteiger partial charge is 0.480 e. The summed E-state index contributed by atoms with van der Waals surface area (Å²) in [7, 11) is 0. The van der Waals surface area contributed by atoms with Crippen molar-refractivity contribution in [3.63, 3.8) is 0 Å². The average Bonchev–Trinajstić information content (AvgIpc) is 3.33. The van der Waals surface area contributed by atoms with Crippen LogP contribution in [-0.4, -0.2) is 52.4 Å². The van der Waals surface area contributed by atoms with Crippen LogP contribution < -0.4 is 5.32 Å². The minimum absolute atomic E-state index is 0.356. The van der Waals surface area contributed by atoms with E-state index in [1.54, 1.807) is 6.92 Å². The van der Waals surface area contributed by atoms with E-state index in [-0.39, 0.29) is 5.91 Å². The fraction of sp³-hybridized carbons (Fsp3) is 0.407. The number of carboxylic acids is 1. The minimum atomic E-state index is -1.04. The van der Waals surface area contributed by atoms with Crippen LogP contribution in [0.3, 0.4) is 0 Å². The molecule has 8 heteroatoms. The second-order valence-electron chi connectivity index (χ2n) is 9.19. The summed E-state index contributed by atoms with van der Waals surface area (Å²) in [6.07, 6.45) is 1.49. The maximum Gasteiger partial charge on any atom is 0.326 e. The molecule has 1 saturated heterocycles. The normalized spacial score (nSPS) is 22.2. The molecule has 0 unspecified atom stereocenters. The summed E-state index contributed by atoms with van der Waals surface area (Å²) in [4.78, 5) is 51.5. The van der Waals surface area contributed by atoms with Crippen molar-refractivity contribution in [1.29, 1.82) is 0 Å². The molecular formula is C27H30N2O6. The zero-order valence-electron chi connectivity index (χ0n) is 19.6. The molecule has 2 aromatic rings. The van der Waals surface area contributed by atoms with E-state index in [1.165, 1.54) is 4.90 Å². The van der Waals surface area contributed by atoms with Crippen molar-refractivity contribution in [3.05, 3.63) is 71.8 Å². The minimum Gasteiger partial charge on any atom is -0.480 e. The Balaban J connectivity index is 1.39. The topological polar surface area (TPSA) is 113 Å². The van der Waals surface area contributed by atoms with E-state index >= 15 is 0 Å². The van der Waals surface area contributed by atoms with Crippen molar-refractivity contribution in [1.82, 2.24) is 10.2 Å². The van der Waals surface area contributed by atoms with E-state index in [9.17, 15) is 24.3 Å². The molecule has 2 aromatic carbocycles. The van der Waals surface area contributed by atoms with Crippen LogP contribution in [-0.2, 0) is 23.9 Å². The van der Waals surface area contributed by atoms with Gasteiger partial charge in [-0.1, -0.05) is 60.7 Å². The summed E-state index contributed by atoms with van der Waals surface area (Å²) in [5.74, 6) is -3.47. The van der Waals surface area contributed by atoms with E-state index in [1.807, 2.05) is 60.7 Å². The van der Waals surface area contributed by atoms with Crippen LogP contribution in [0, 0.1) is 11.8 Å². The molecule has 2 amide bonds. The highest BCUT2D eigenvalue weighted by Crippen LogP contribution is 2.38. The Kier molecular flexibility index (Phi) is 7.48. The van der Waals surface area contributed by atoms with Crippen molar-refractivity contribution in [2.45, 2.75) is 50.8 Å². The number of likely N-dealkylation sites (tertiary alicyclic amines) is 1. The summed E-state index contributed by atoms with van der Waals surface area (Å²) >= 11 is 0. The van der Waals surface area contributed by atoms with Gasteiger partial charge < -0.3 is 20.1 Å². The number of amides is 2. The second-order valence-corrected chi connectivity index (χ2v) is 9.19. The predicted octanol–water partition coefficient (Wildman–Crippen LogP) is 2.93. The Morgan fingerprint density at radius 3 is 2.00 bits per heavy atom. The maximum absolute atomic E-state index is 13.1. The average molecular weight is 479 g/mol. The van der Waals surface area contributed by atoms with Crippen molar-refractivity contribution < 1.29 is 29.0 Å². The maximum atomic E-state index is 13.1. The van der Waals surface area contributed by atoms with Crippen LogP contribution >= 0.6 is 0 Å². The molecule has 4 rings (SSSR count). The lowest BCUT2D eigenvalue weighted by molar-refractivity contribution is -0.162. The van der Waals surface area contributed by atoms with E-state index in [4.69, 9.17) is 4.74 Å². The molecule has 2 fully saturated rings. The number of benzene rings is 2. The van der Waals surface area contributed by atoms with Gasteiger partial charge in [-0.25, -0.2) is 4.79 Å². The fourth-order valence-corrected chi connectivity index (χ4v) is 4.80. The number of esters is 1. The molecule has 1 aliphatic heterocycles. The Morgan fingerprint density at radius 1 is 0.914 bits per heavy atom. The van der Waals surface area contributed by atoms with Crippen LogP contribution in [0.15, 0.2) is 60.7 Å². The Bertz CT molecular complexity index is 1030. The molecule has 1 saturated carbocycles. The van der Waals surface area contributed by atoms with Gasteiger partial charge in [0, 0.05) is 6.54 Å². The van der Waals surface area contributed by atoms with E-state index in [2.05, 4.69) is 5.32 Å². The molecule has 2 aliphatic rings. The van der Waals surface area contributed by atoms with Gasteiger partial charge in [0.25, 0.3) is 0 Å². The zero-order valence-corrected chi connectivity index (χ0v) is 19.6. The van der Waals surface area contributed by atoms with Crippen LogP contribution in [0.4, 0.5) is 0 Å². The molecule has 4 atom stereocenters. The van der Waals surface area contributed by atoms with E-state index in [0.717, 1.165) is 11.1 Å². The monoisotopic (exact) mass is 478 g/mol. The van der Waals surface area contributed by atoms with Gasteiger partial charge in [0.1, 0.15) is 12.1 Å². The van der Waals surface area contributed by atoms with Crippen molar-refractivity contribution in [3.8, 4) is 0 Å². The Labute approximate surface area is 204 Å². The first-order chi connectivity index (χ1) is 16.9. The molecule has 0 bridgehead atoms. The van der Waals surface area contributed by atoms with Crippen molar-refractivity contribution in [2.75, 3.05) is 6.54 Å². The number of hydrogen-bond donors (Lipinski definition) is 2. The molecule has 35 heavy (non-hydrogen) atoms. The molecular weight excluding hydrogens is 448 g/mol. The van der Waals surface area contributed by atoms with Gasteiger partial charge in [-0.05, 0) is 43.7 Å².